The molecule has 7 nitrogen and oxygen atoms in total. The Morgan fingerprint density at radius 1 is 1.28 bits per heavy atom. The minimum absolute atomic E-state index is 0.0542. The number of aromatic nitrogens is 1. The maximum absolute atomic E-state index is 12.8. The van der Waals surface area contributed by atoms with E-state index in [9.17, 15) is 4.79 Å². The van der Waals surface area contributed by atoms with Gasteiger partial charge in [0.05, 0.1) is 25.9 Å². The van der Waals surface area contributed by atoms with Crippen molar-refractivity contribution < 1.29 is 9.47 Å². The number of benzene rings is 1. The highest BCUT2D eigenvalue weighted by molar-refractivity contribution is 7.80. The number of H-pyrrole nitrogens is 1. The first-order valence-electron chi connectivity index (χ1n) is 11.7. The van der Waals surface area contributed by atoms with E-state index in [4.69, 9.17) is 21.7 Å². The summed E-state index contributed by atoms with van der Waals surface area (Å²) in [6, 6.07) is 8.08. The van der Waals surface area contributed by atoms with Crippen molar-refractivity contribution in [2.24, 2.45) is 0 Å². The van der Waals surface area contributed by atoms with E-state index in [1.807, 2.05) is 18.2 Å². The summed E-state index contributed by atoms with van der Waals surface area (Å²) in [4.78, 5) is 20.4. The van der Waals surface area contributed by atoms with Crippen molar-refractivity contribution >= 4 is 28.2 Å². The molecule has 1 atom stereocenters. The van der Waals surface area contributed by atoms with E-state index < -0.39 is 0 Å². The molecule has 1 aromatic heterocycles. The second kappa shape index (κ2) is 11.2. The molecule has 0 spiro atoms. The molecule has 4 rings (SSSR count). The van der Waals surface area contributed by atoms with E-state index in [2.05, 4.69) is 33.1 Å². The third kappa shape index (κ3) is 6.28. The summed E-state index contributed by atoms with van der Waals surface area (Å²) in [5.41, 5.74) is 2.71. The fourth-order valence-electron chi connectivity index (χ4n) is 4.37. The minimum Gasteiger partial charge on any atom is -0.379 e. The van der Waals surface area contributed by atoms with Crippen molar-refractivity contribution in [1.29, 1.82) is 0 Å². The molecule has 0 unspecified atom stereocenters. The van der Waals surface area contributed by atoms with Crippen molar-refractivity contribution in [3.8, 4) is 0 Å². The molecule has 2 N–H and O–H groups in total. The van der Waals surface area contributed by atoms with Crippen LogP contribution in [0, 0.1) is 6.92 Å². The van der Waals surface area contributed by atoms with Crippen molar-refractivity contribution in [3.05, 3.63) is 45.7 Å². The second-order valence-electron chi connectivity index (χ2n) is 8.76. The van der Waals surface area contributed by atoms with Gasteiger partial charge in [0.1, 0.15) is 0 Å². The van der Waals surface area contributed by atoms with Crippen LogP contribution in [0.2, 0.25) is 0 Å². The standard InChI is InChI=1S/C24H34N4O3S/c1-18-5-6-22-19(14-18)15-20(23(29)26-22)17-28(8-3-7-27-9-12-30-13-10-27)24(32)25-16-21-4-2-11-31-21/h5-6,14-15,21H,2-4,7-13,16-17H2,1H3,(H,25,32)(H,26,29)/t21-/m1/s1. The number of hydrogen-bond donors (Lipinski definition) is 2. The fraction of sp³-hybridized carbons (Fsp3) is 0.583. The molecule has 0 saturated carbocycles. The lowest BCUT2D eigenvalue weighted by Gasteiger charge is -2.30. The number of aromatic amines is 1. The van der Waals surface area contributed by atoms with Gasteiger partial charge in [-0.1, -0.05) is 11.6 Å². The van der Waals surface area contributed by atoms with Gasteiger partial charge in [-0.25, -0.2) is 0 Å². The maximum Gasteiger partial charge on any atom is 0.253 e. The van der Waals surface area contributed by atoms with E-state index in [0.29, 0.717) is 18.2 Å². The van der Waals surface area contributed by atoms with Crippen LogP contribution in [0.4, 0.5) is 0 Å². The van der Waals surface area contributed by atoms with Gasteiger partial charge in [-0.3, -0.25) is 9.69 Å². The molecule has 2 aromatic rings. The molecule has 0 bridgehead atoms. The van der Waals surface area contributed by atoms with E-state index in [0.717, 1.165) is 81.7 Å². The smallest absolute Gasteiger partial charge is 0.253 e. The molecule has 0 aliphatic carbocycles. The summed E-state index contributed by atoms with van der Waals surface area (Å²) >= 11 is 5.75. The first-order chi connectivity index (χ1) is 15.6. The number of ether oxygens (including phenoxy) is 2. The predicted octanol–water partition coefficient (Wildman–Crippen LogP) is 2.41. The molecule has 2 saturated heterocycles. The first kappa shape index (κ1) is 23.2. The number of nitrogens with zero attached hydrogens (tertiary/aromatic N) is 2. The van der Waals surface area contributed by atoms with Crippen molar-refractivity contribution in [2.75, 3.05) is 52.5 Å². The van der Waals surface area contributed by atoms with Gasteiger partial charge < -0.3 is 24.7 Å². The Balaban J connectivity index is 1.44. The zero-order valence-corrected chi connectivity index (χ0v) is 19.7. The summed E-state index contributed by atoms with van der Waals surface area (Å²) in [5, 5.41) is 5.12. The number of rotatable bonds is 8. The van der Waals surface area contributed by atoms with Crippen LogP contribution in [0.1, 0.15) is 30.4 Å². The van der Waals surface area contributed by atoms with E-state index >= 15 is 0 Å². The van der Waals surface area contributed by atoms with Gasteiger partial charge in [0, 0.05) is 50.4 Å². The normalized spacial score (nSPS) is 19.3. The van der Waals surface area contributed by atoms with Crippen molar-refractivity contribution in [2.45, 2.75) is 38.8 Å². The summed E-state index contributed by atoms with van der Waals surface area (Å²) < 4.78 is 11.2. The number of aryl methyl sites for hydroxylation is 1. The summed E-state index contributed by atoms with van der Waals surface area (Å²) in [5.74, 6) is 0. The predicted molar refractivity (Wildman–Crippen MR) is 131 cm³/mol. The minimum atomic E-state index is -0.0542. The average Bonchev–Trinajstić information content (AvgIpc) is 3.32. The Bertz CT molecular complexity index is 967. The molecule has 1 aromatic carbocycles. The van der Waals surface area contributed by atoms with Crippen LogP contribution in [-0.4, -0.2) is 78.5 Å². The number of fused-ring (bicyclic) bond motifs is 1. The highest BCUT2D eigenvalue weighted by Gasteiger charge is 2.19. The van der Waals surface area contributed by atoms with Gasteiger partial charge in [0.2, 0.25) is 0 Å². The monoisotopic (exact) mass is 458 g/mol. The highest BCUT2D eigenvalue weighted by Crippen LogP contribution is 2.15. The number of thiocarbonyl (C=S) groups is 1. The third-order valence-corrected chi connectivity index (χ3v) is 6.64. The van der Waals surface area contributed by atoms with Crippen LogP contribution >= 0.6 is 12.2 Å². The Morgan fingerprint density at radius 2 is 2.12 bits per heavy atom. The van der Waals surface area contributed by atoms with E-state index in [1.54, 1.807) is 0 Å². The number of hydrogen-bond acceptors (Lipinski definition) is 5. The Labute approximate surface area is 195 Å². The molecule has 174 valence electrons. The van der Waals surface area contributed by atoms with Gasteiger partial charge >= 0.3 is 0 Å². The third-order valence-electron chi connectivity index (χ3n) is 6.24. The second-order valence-corrected chi connectivity index (χ2v) is 9.15. The Hall–Kier alpha value is -2.00. The molecule has 8 heteroatoms. The molecule has 0 amide bonds. The zero-order chi connectivity index (χ0) is 22.3. The SMILES string of the molecule is Cc1ccc2[nH]c(=O)c(CN(CCCN3CCOCC3)C(=S)NC[C@H]3CCCO3)cc2c1. The summed E-state index contributed by atoms with van der Waals surface area (Å²) in [6.07, 6.45) is 3.37. The Kier molecular flexibility index (Phi) is 8.13. The zero-order valence-electron chi connectivity index (χ0n) is 18.9. The van der Waals surface area contributed by atoms with Crippen LogP contribution in [0.5, 0.6) is 0 Å². The lowest BCUT2D eigenvalue weighted by molar-refractivity contribution is 0.0367. The van der Waals surface area contributed by atoms with Crippen LogP contribution < -0.4 is 10.9 Å². The highest BCUT2D eigenvalue weighted by atomic mass is 32.1. The lowest BCUT2D eigenvalue weighted by Crippen LogP contribution is -2.44. The number of pyridine rings is 1. The van der Waals surface area contributed by atoms with Gasteiger partial charge in [-0.05, 0) is 62.0 Å². The molecule has 0 radical (unpaired) electrons. The average molecular weight is 459 g/mol. The van der Waals surface area contributed by atoms with Gasteiger partial charge in [-0.2, -0.15) is 0 Å². The van der Waals surface area contributed by atoms with E-state index in [-0.39, 0.29) is 11.7 Å². The van der Waals surface area contributed by atoms with Gasteiger partial charge in [0.25, 0.3) is 5.56 Å². The molecule has 2 fully saturated rings. The van der Waals surface area contributed by atoms with Crippen LogP contribution in [0.25, 0.3) is 10.9 Å². The van der Waals surface area contributed by atoms with Crippen LogP contribution in [0.3, 0.4) is 0 Å². The Morgan fingerprint density at radius 3 is 2.91 bits per heavy atom. The molecule has 32 heavy (non-hydrogen) atoms. The molecule has 2 aliphatic rings. The van der Waals surface area contributed by atoms with Gasteiger partial charge in [-0.15, -0.1) is 0 Å². The molecule has 2 aliphatic heterocycles. The van der Waals surface area contributed by atoms with Crippen molar-refractivity contribution in [3.63, 3.8) is 0 Å². The quantitative estimate of drug-likeness (QED) is 0.589. The molecular weight excluding hydrogens is 424 g/mol. The number of nitrogens with one attached hydrogen (secondary N) is 2. The summed E-state index contributed by atoms with van der Waals surface area (Å²) in [7, 11) is 0. The lowest BCUT2D eigenvalue weighted by atomic mass is 10.1. The molecule has 3 heterocycles. The molecular formula is C24H34N4O3S. The summed E-state index contributed by atoms with van der Waals surface area (Å²) in [6.45, 7) is 9.44. The van der Waals surface area contributed by atoms with Crippen LogP contribution in [-0.2, 0) is 16.0 Å². The van der Waals surface area contributed by atoms with Gasteiger partial charge in [0.15, 0.2) is 5.11 Å². The van der Waals surface area contributed by atoms with Crippen molar-refractivity contribution in [1.82, 2.24) is 20.1 Å². The van der Waals surface area contributed by atoms with Crippen LogP contribution in [0.15, 0.2) is 29.1 Å². The number of morpholine rings is 1. The van der Waals surface area contributed by atoms with E-state index in [1.165, 1.54) is 5.56 Å². The fourth-order valence-corrected chi connectivity index (χ4v) is 4.61. The largest absolute Gasteiger partial charge is 0.379 e. The maximum atomic E-state index is 12.8. The first-order valence-corrected chi connectivity index (χ1v) is 12.1. The topological polar surface area (TPSA) is 69.8 Å².